The molecule has 2 aliphatic rings. The largest absolute Gasteiger partial charge is 0.312 e. The van der Waals surface area contributed by atoms with Gasteiger partial charge in [-0.05, 0) is 26.2 Å². The highest BCUT2D eigenvalue weighted by molar-refractivity contribution is 7.89. The summed E-state index contributed by atoms with van der Waals surface area (Å²) in [5.41, 5.74) is 0. The fourth-order valence-electron chi connectivity index (χ4n) is 2.69. The first-order valence-electron chi connectivity index (χ1n) is 6.79. The Morgan fingerprint density at radius 3 is 2.56 bits per heavy atom. The van der Waals surface area contributed by atoms with Gasteiger partial charge in [-0.2, -0.15) is 0 Å². The van der Waals surface area contributed by atoms with Gasteiger partial charge in [0, 0.05) is 45.3 Å². The first-order valence-corrected chi connectivity index (χ1v) is 8.40. The van der Waals surface area contributed by atoms with Gasteiger partial charge in [-0.3, -0.25) is 4.90 Å². The van der Waals surface area contributed by atoms with Crippen LogP contribution in [0.3, 0.4) is 0 Å². The first kappa shape index (κ1) is 14.2. The van der Waals surface area contributed by atoms with Gasteiger partial charge in [-0.15, -0.1) is 0 Å². The SMILES string of the molecule is CC1CC(NCCS(=O)(=O)N(C)C)CN1C1CC1. The second-order valence-corrected chi connectivity index (χ2v) is 8.06. The van der Waals surface area contributed by atoms with Gasteiger partial charge in [-0.1, -0.05) is 0 Å². The van der Waals surface area contributed by atoms with Crippen LogP contribution in [0.25, 0.3) is 0 Å². The summed E-state index contributed by atoms with van der Waals surface area (Å²) in [5.74, 6) is 0.189. The van der Waals surface area contributed by atoms with E-state index in [-0.39, 0.29) is 5.75 Å². The maximum absolute atomic E-state index is 11.6. The molecule has 1 N–H and O–H groups in total. The van der Waals surface area contributed by atoms with Crippen molar-refractivity contribution in [1.82, 2.24) is 14.5 Å². The molecule has 18 heavy (non-hydrogen) atoms. The maximum Gasteiger partial charge on any atom is 0.214 e. The average Bonchev–Trinajstić information content (AvgIpc) is 3.03. The molecule has 2 unspecified atom stereocenters. The third-order valence-corrected chi connectivity index (χ3v) is 5.82. The Labute approximate surface area is 111 Å². The van der Waals surface area contributed by atoms with Gasteiger partial charge >= 0.3 is 0 Å². The summed E-state index contributed by atoms with van der Waals surface area (Å²) in [6.45, 7) is 3.90. The molecule has 1 aliphatic carbocycles. The normalized spacial score (nSPS) is 30.2. The van der Waals surface area contributed by atoms with Gasteiger partial charge in [-0.25, -0.2) is 12.7 Å². The van der Waals surface area contributed by atoms with Gasteiger partial charge in [0.1, 0.15) is 0 Å². The molecular formula is C12H25N3O2S. The van der Waals surface area contributed by atoms with Crippen molar-refractivity contribution >= 4 is 10.0 Å². The Hall–Kier alpha value is -0.170. The zero-order chi connectivity index (χ0) is 13.3. The van der Waals surface area contributed by atoms with Crippen molar-refractivity contribution in [3.8, 4) is 0 Å². The second-order valence-electron chi connectivity index (χ2n) is 5.76. The van der Waals surface area contributed by atoms with Gasteiger partial charge in [0.25, 0.3) is 0 Å². The molecule has 1 saturated carbocycles. The number of nitrogens with one attached hydrogen (secondary N) is 1. The molecule has 0 bridgehead atoms. The number of sulfonamides is 1. The van der Waals surface area contributed by atoms with Crippen molar-refractivity contribution in [2.24, 2.45) is 0 Å². The topological polar surface area (TPSA) is 52.7 Å². The Balaban J connectivity index is 1.72. The minimum Gasteiger partial charge on any atom is -0.312 e. The molecule has 0 radical (unpaired) electrons. The Morgan fingerprint density at radius 2 is 2.00 bits per heavy atom. The second kappa shape index (κ2) is 5.45. The van der Waals surface area contributed by atoms with Crippen molar-refractivity contribution < 1.29 is 8.42 Å². The van der Waals surface area contributed by atoms with E-state index in [9.17, 15) is 8.42 Å². The van der Waals surface area contributed by atoms with Crippen LogP contribution in [-0.4, -0.2) is 68.7 Å². The number of hydrogen-bond donors (Lipinski definition) is 1. The highest BCUT2D eigenvalue weighted by Gasteiger charge is 2.38. The average molecular weight is 275 g/mol. The number of rotatable bonds is 6. The summed E-state index contributed by atoms with van der Waals surface area (Å²) in [6, 6.07) is 1.90. The number of hydrogen-bond acceptors (Lipinski definition) is 4. The standard InChI is InChI=1S/C12H25N3O2S/c1-10-8-11(9-15(10)12-4-5-12)13-6-7-18(16,17)14(2)3/h10-13H,4-9H2,1-3H3. The molecule has 106 valence electrons. The lowest BCUT2D eigenvalue weighted by molar-refractivity contribution is 0.255. The summed E-state index contributed by atoms with van der Waals surface area (Å²) in [5, 5.41) is 3.39. The molecule has 0 spiro atoms. The molecule has 2 fully saturated rings. The zero-order valence-electron chi connectivity index (χ0n) is 11.6. The highest BCUT2D eigenvalue weighted by atomic mass is 32.2. The summed E-state index contributed by atoms with van der Waals surface area (Å²) in [4.78, 5) is 2.57. The third kappa shape index (κ3) is 3.44. The predicted octanol–water partition coefficient (Wildman–Crippen LogP) is 0.0926. The monoisotopic (exact) mass is 275 g/mol. The fraction of sp³-hybridized carbons (Fsp3) is 1.00. The molecule has 0 aromatic heterocycles. The minimum atomic E-state index is -3.06. The van der Waals surface area contributed by atoms with Gasteiger partial charge in [0.15, 0.2) is 0 Å². The van der Waals surface area contributed by atoms with Crippen LogP contribution < -0.4 is 5.32 Å². The molecule has 0 aromatic carbocycles. The Kier molecular flexibility index (Phi) is 4.31. The quantitative estimate of drug-likeness (QED) is 0.746. The van der Waals surface area contributed by atoms with Crippen molar-refractivity contribution in [3.63, 3.8) is 0 Å². The molecule has 2 rings (SSSR count). The van der Waals surface area contributed by atoms with Crippen molar-refractivity contribution in [2.45, 2.75) is 44.3 Å². The molecule has 0 amide bonds. The lowest BCUT2D eigenvalue weighted by atomic mass is 10.2. The smallest absolute Gasteiger partial charge is 0.214 e. The third-order valence-electron chi connectivity index (χ3n) is 3.99. The zero-order valence-corrected chi connectivity index (χ0v) is 12.4. The lowest BCUT2D eigenvalue weighted by Gasteiger charge is -2.19. The molecule has 2 atom stereocenters. The van der Waals surface area contributed by atoms with Crippen LogP contribution in [0, 0.1) is 0 Å². The van der Waals surface area contributed by atoms with E-state index in [0.29, 0.717) is 18.6 Å². The number of nitrogens with zero attached hydrogens (tertiary/aromatic N) is 2. The Bertz CT molecular complexity index is 379. The van der Waals surface area contributed by atoms with Crippen molar-refractivity contribution in [1.29, 1.82) is 0 Å². The summed E-state index contributed by atoms with van der Waals surface area (Å²) in [7, 11) is 0.107. The summed E-state index contributed by atoms with van der Waals surface area (Å²) >= 11 is 0. The van der Waals surface area contributed by atoms with Crippen LogP contribution in [0.5, 0.6) is 0 Å². The molecule has 6 heteroatoms. The van der Waals surface area contributed by atoms with E-state index in [0.717, 1.165) is 19.0 Å². The van der Waals surface area contributed by atoms with Crippen molar-refractivity contribution in [2.75, 3.05) is 32.9 Å². The molecule has 0 aromatic rings. The van der Waals surface area contributed by atoms with E-state index >= 15 is 0 Å². The maximum atomic E-state index is 11.6. The fourth-order valence-corrected chi connectivity index (χ4v) is 3.43. The van der Waals surface area contributed by atoms with Gasteiger partial charge in [0.2, 0.25) is 10.0 Å². The van der Waals surface area contributed by atoms with E-state index in [4.69, 9.17) is 0 Å². The van der Waals surface area contributed by atoms with E-state index in [2.05, 4.69) is 17.1 Å². The van der Waals surface area contributed by atoms with Crippen LogP contribution in [0.1, 0.15) is 26.2 Å². The Morgan fingerprint density at radius 1 is 1.33 bits per heavy atom. The first-order chi connectivity index (χ1) is 8.40. The van der Waals surface area contributed by atoms with E-state index in [1.165, 1.54) is 17.1 Å². The van der Waals surface area contributed by atoms with Gasteiger partial charge < -0.3 is 5.32 Å². The minimum absolute atomic E-state index is 0.189. The molecule has 5 nitrogen and oxygen atoms in total. The molecule has 1 aliphatic heterocycles. The molecule has 1 heterocycles. The summed E-state index contributed by atoms with van der Waals surface area (Å²) in [6.07, 6.45) is 3.82. The van der Waals surface area contributed by atoms with Crippen LogP contribution in [0.4, 0.5) is 0 Å². The van der Waals surface area contributed by atoms with Crippen LogP contribution in [0.15, 0.2) is 0 Å². The van der Waals surface area contributed by atoms with Crippen molar-refractivity contribution in [3.05, 3.63) is 0 Å². The highest BCUT2D eigenvalue weighted by Crippen LogP contribution is 2.33. The summed E-state index contributed by atoms with van der Waals surface area (Å²) < 4.78 is 24.5. The van der Waals surface area contributed by atoms with Crippen LogP contribution in [-0.2, 0) is 10.0 Å². The van der Waals surface area contributed by atoms with Gasteiger partial charge in [0.05, 0.1) is 5.75 Å². The number of likely N-dealkylation sites (tertiary alicyclic amines) is 1. The lowest BCUT2D eigenvalue weighted by Crippen LogP contribution is -2.38. The van der Waals surface area contributed by atoms with Crippen LogP contribution in [0.2, 0.25) is 0 Å². The van der Waals surface area contributed by atoms with E-state index in [1.54, 1.807) is 14.1 Å². The predicted molar refractivity (Wildman–Crippen MR) is 73.1 cm³/mol. The van der Waals surface area contributed by atoms with E-state index in [1.807, 2.05) is 0 Å². The van der Waals surface area contributed by atoms with Crippen LogP contribution >= 0.6 is 0 Å². The van der Waals surface area contributed by atoms with E-state index < -0.39 is 10.0 Å². The molecule has 1 saturated heterocycles. The molecular weight excluding hydrogens is 250 g/mol.